The largest absolute Gasteiger partial charge is 0.469 e. The van der Waals surface area contributed by atoms with Gasteiger partial charge in [-0.25, -0.2) is 9.97 Å². The molecule has 1 aliphatic rings. The van der Waals surface area contributed by atoms with Crippen molar-refractivity contribution in [2.75, 3.05) is 25.1 Å². The van der Waals surface area contributed by atoms with Crippen LogP contribution in [0.3, 0.4) is 0 Å². The summed E-state index contributed by atoms with van der Waals surface area (Å²) in [7, 11) is 1.10. The zero-order valence-corrected chi connectivity index (χ0v) is 12.3. The molecule has 2 unspecified atom stereocenters. The second-order valence-electron chi connectivity index (χ2n) is 5.45. The van der Waals surface area contributed by atoms with E-state index < -0.39 is 24.0 Å². The highest BCUT2D eigenvalue weighted by Crippen LogP contribution is 2.40. The number of fused-ring (bicyclic) bond motifs is 1. The Hall–Kier alpha value is -2.32. The number of hydrogen-bond acceptors (Lipinski definition) is 5. The Balaban J connectivity index is 1.92. The minimum atomic E-state index is -4.43. The molecule has 23 heavy (non-hydrogen) atoms. The van der Waals surface area contributed by atoms with Crippen LogP contribution in [0.1, 0.15) is 6.42 Å². The maximum absolute atomic E-state index is 13.2. The van der Waals surface area contributed by atoms with Crippen LogP contribution in [0.2, 0.25) is 0 Å². The summed E-state index contributed by atoms with van der Waals surface area (Å²) in [6, 6.07) is 1.76. The molecule has 0 bridgehead atoms. The van der Waals surface area contributed by atoms with Gasteiger partial charge in [0.1, 0.15) is 17.8 Å². The molecule has 2 aromatic heterocycles. The molecule has 0 aromatic carbocycles. The zero-order chi connectivity index (χ0) is 16.6. The van der Waals surface area contributed by atoms with E-state index >= 15 is 0 Å². The number of carbonyl (C=O) groups excluding carboxylic acids is 1. The number of nitrogens with zero attached hydrogens (tertiary/aromatic N) is 3. The predicted molar refractivity (Wildman–Crippen MR) is 75.8 cm³/mol. The van der Waals surface area contributed by atoms with E-state index in [1.54, 1.807) is 17.2 Å². The summed E-state index contributed by atoms with van der Waals surface area (Å²) in [5.74, 6) is -3.30. The first-order valence-corrected chi connectivity index (χ1v) is 7.09. The maximum Gasteiger partial charge on any atom is 0.392 e. The van der Waals surface area contributed by atoms with Crippen molar-refractivity contribution in [2.24, 2.45) is 11.8 Å². The minimum Gasteiger partial charge on any atom is -0.469 e. The number of esters is 1. The average Bonchev–Trinajstić information content (AvgIpc) is 3.01. The minimum absolute atomic E-state index is 0.0891. The van der Waals surface area contributed by atoms with E-state index in [1.165, 1.54) is 6.33 Å². The number of hydrogen-bond donors (Lipinski definition) is 1. The molecule has 0 spiro atoms. The van der Waals surface area contributed by atoms with E-state index in [2.05, 4.69) is 19.7 Å². The van der Waals surface area contributed by atoms with Gasteiger partial charge in [0.2, 0.25) is 0 Å². The van der Waals surface area contributed by atoms with E-state index in [0.717, 1.165) is 7.11 Å². The van der Waals surface area contributed by atoms with E-state index in [9.17, 15) is 18.0 Å². The molecule has 0 aliphatic carbocycles. The van der Waals surface area contributed by atoms with Crippen LogP contribution in [0, 0.1) is 11.8 Å². The number of methoxy groups -OCH3 is 1. The van der Waals surface area contributed by atoms with Gasteiger partial charge in [0.05, 0.1) is 24.3 Å². The summed E-state index contributed by atoms with van der Waals surface area (Å²) in [4.78, 5) is 24.7. The Labute approximate surface area is 129 Å². The number of halogens is 3. The number of alkyl halides is 3. The Morgan fingerprint density at radius 1 is 1.43 bits per heavy atom. The number of ether oxygens (including phenoxy) is 1. The van der Waals surface area contributed by atoms with Crippen LogP contribution in [-0.2, 0) is 9.53 Å². The van der Waals surface area contributed by atoms with Gasteiger partial charge in [0.25, 0.3) is 0 Å². The summed E-state index contributed by atoms with van der Waals surface area (Å²) in [5, 5.41) is 0.710. The fourth-order valence-electron chi connectivity index (χ4n) is 3.04. The standard InChI is InChI=1S/C14H15F3N4O2/c1-23-13(22)9-6-21(5-3-10(9)14(15,16)17)12-8-2-4-18-11(8)19-7-20-12/h2,4,7,9-10H,3,5-6H2,1H3,(H,18,19,20). The third kappa shape index (κ3) is 2.82. The lowest BCUT2D eigenvalue weighted by atomic mass is 9.85. The highest BCUT2D eigenvalue weighted by Gasteiger charge is 2.50. The molecule has 0 amide bonds. The van der Waals surface area contributed by atoms with E-state index in [1.807, 2.05) is 0 Å². The van der Waals surface area contributed by atoms with Crippen LogP contribution in [0.15, 0.2) is 18.6 Å². The fourth-order valence-corrected chi connectivity index (χ4v) is 3.04. The van der Waals surface area contributed by atoms with Gasteiger partial charge in [-0.3, -0.25) is 4.79 Å². The van der Waals surface area contributed by atoms with Gasteiger partial charge in [-0.05, 0) is 12.5 Å². The second kappa shape index (κ2) is 5.71. The summed E-state index contributed by atoms with van der Waals surface area (Å²) >= 11 is 0. The van der Waals surface area contributed by atoms with E-state index in [0.29, 0.717) is 16.9 Å². The highest BCUT2D eigenvalue weighted by molar-refractivity contribution is 5.87. The van der Waals surface area contributed by atoms with Crippen LogP contribution in [-0.4, -0.2) is 47.3 Å². The molecule has 2 aromatic rings. The van der Waals surface area contributed by atoms with Crippen LogP contribution >= 0.6 is 0 Å². The van der Waals surface area contributed by atoms with Gasteiger partial charge < -0.3 is 14.6 Å². The van der Waals surface area contributed by atoms with E-state index in [-0.39, 0.29) is 19.5 Å². The maximum atomic E-state index is 13.2. The monoisotopic (exact) mass is 328 g/mol. The molecule has 0 radical (unpaired) electrons. The number of anilines is 1. The first-order chi connectivity index (χ1) is 10.9. The molecule has 1 aliphatic heterocycles. The van der Waals surface area contributed by atoms with Gasteiger partial charge >= 0.3 is 12.1 Å². The SMILES string of the molecule is COC(=O)C1CN(c2ncnc3[nH]ccc23)CCC1C(F)(F)F. The van der Waals surface area contributed by atoms with Crippen LogP contribution in [0.4, 0.5) is 19.0 Å². The molecule has 1 N–H and O–H groups in total. The van der Waals surface area contributed by atoms with Crippen LogP contribution < -0.4 is 4.90 Å². The smallest absolute Gasteiger partial charge is 0.392 e. The Bertz CT molecular complexity index is 715. The third-order valence-corrected chi connectivity index (χ3v) is 4.17. The van der Waals surface area contributed by atoms with Crippen molar-refractivity contribution in [3.05, 3.63) is 18.6 Å². The molecule has 6 nitrogen and oxygen atoms in total. The number of rotatable bonds is 2. The summed E-state index contributed by atoms with van der Waals surface area (Å²) in [6.07, 6.45) is -1.58. The van der Waals surface area contributed by atoms with Crippen molar-refractivity contribution in [3.63, 3.8) is 0 Å². The van der Waals surface area contributed by atoms with Crippen molar-refractivity contribution < 1.29 is 22.7 Å². The molecule has 3 rings (SSSR count). The number of aromatic nitrogens is 3. The molecule has 1 saturated heterocycles. The number of aromatic amines is 1. The normalized spacial score (nSPS) is 22.3. The summed E-state index contributed by atoms with van der Waals surface area (Å²) in [5.41, 5.74) is 0.600. The topological polar surface area (TPSA) is 71.1 Å². The number of nitrogens with one attached hydrogen (secondary N) is 1. The number of piperidine rings is 1. The summed E-state index contributed by atoms with van der Waals surface area (Å²) in [6.45, 7) is 0.0725. The van der Waals surface area contributed by atoms with Gasteiger partial charge in [0.15, 0.2) is 0 Å². The molecule has 2 atom stereocenters. The average molecular weight is 328 g/mol. The van der Waals surface area contributed by atoms with Gasteiger partial charge in [0, 0.05) is 19.3 Å². The lowest BCUT2D eigenvalue weighted by Crippen LogP contribution is -2.49. The highest BCUT2D eigenvalue weighted by atomic mass is 19.4. The van der Waals surface area contributed by atoms with Crippen molar-refractivity contribution >= 4 is 22.8 Å². The quantitative estimate of drug-likeness (QED) is 0.855. The lowest BCUT2D eigenvalue weighted by molar-refractivity contribution is -0.200. The first kappa shape index (κ1) is 15.6. The van der Waals surface area contributed by atoms with Crippen molar-refractivity contribution in [2.45, 2.75) is 12.6 Å². The molecule has 1 fully saturated rings. The Kier molecular flexibility index (Phi) is 3.87. The van der Waals surface area contributed by atoms with Gasteiger partial charge in [-0.1, -0.05) is 0 Å². The van der Waals surface area contributed by atoms with Crippen molar-refractivity contribution in [1.29, 1.82) is 0 Å². The molecule has 3 heterocycles. The second-order valence-corrected chi connectivity index (χ2v) is 5.45. The van der Waals surface area contributed by atoms with Crippen LogP contribution in [0.5, 0.6) is 0 Å². The van der Waals surface area contributed by atoms with Crippen molar-refractivity contribution in [1.82, 2.24) is 15.0 Å². The third-order valence-electron chi connectivity index (χ3n) is 4.17. The predicted octanol–water partition coefficient (Wildman–Crippen LogP) is 2.14. The zero-order valence-electron chi connectivity index (χ0n) is 12.3. The number of H-pyrrole nitrogens is 1. The molecule has 124 valence electrons. The molecular formula is C14H15F3N4O2. The van der Waals surface area contributed by atoms with Gasteiger partial charge in [-0.2, -0.15) is 13.2 Å². The Morgan fingerprint density at radius 2 is 2.22 bits per heavy atom. The number of carbonyl (C=O) groups is 1. The molecular weight excluding hydrogens is 313 g/mol. The summed E-state index contributed by atoms with van der Waals surface area (Å²) < 4.78 is 44.1. The van der Waals surface area contributed by atoms with Gasteiger partial charge in [-0.15, -0.1) is 0 Å². The van der Waals surface area contributed by atoms with E-state index in [4.69, 9.17) is 0 Å². The van der Waals surface area contributed by atoms with Crippen molar-refractivity contribution in [3.8, 4) is 0 Å². The lowest BCUT2D eigenvalue weighted by Gasteiger charge is -2.38. The fraction of sp³-hybridized carbons (Fsp3) is 0.500. The molecule has 0 saturated carbocycles. The first-order valence-electron chi connectivity index (χ1n) is 7.09. The van der Waals surface area contributed by atoms with Crippen LogP contribution in [0.25, 0.3) is 11.0 Å². The Morgan fingerprint density at radius 3 is 2.91 bits per heavy atom. The molecule has 9 heteroatoms.